The Kier molecular flexibility index (Phi) is 3.03. The van der Waals surface area contributed by atoms with Crippen LogP contribution in [0.3, 0.4) is 0 Å². The number of halogens is 1. The van der Waals surface area contributed by atoms with E-state index in [0.717, 1.165) is 13.2 Å². The van der Waals surface area contributed by atoms with Crippen molar-refractivity contribution in [3.05, 3.63) is 29.1 Å². The summed E-state index contributed by atoms with van der Waals surface area (Å²) >= 11 is 0. The van der Waals surface area contributed by atoms with Crippen LogP contribution in [0.15, 0.2) is 12.1 Å². The lowest BCUT2D eigenvalue weighted by atomic mass is 10.1. The van der Waals surface area contributed by atoms with Gasteiger partial charge in [-0.25, -0.2) is 9.18 Å². The second-order valence-electron chi connectivity index (χ2n) is 2.67. The van der Waals surface area contributed by atoms with Crippen LogP contribution in [0, 0.1) is 5.82 Å². The molecule has 1 aromatic rings. The third-order valence-corrected chi connectivity index (χ3v) is 1.76. The van der Waals surface area contributed by atoms with Gasteiger partial charge in [-0.1, -0.05) is 0 Å². The van der Waals surface area contributed by atoms with Crippen LogP contribution in [-0.4, -0.2) is 18.2 Å². The van der Waals surface area contributed by atoms with Crippen molar-refractivity contribution >= 4 is 5.97 Å². The van der Waals surface area contributed by atoms with Crippen LogP contribution in [-0.2, 0) is 11.3 Å². The van der Waals surface area contributed by atoms with Gasteiger partial charge in [0.15, 0.2) is 11.6 Å². The van der Waals surface area contributed by atoms with Gasteiger partial charge < -0.3 is 15.6 Å². The zero-order valence-corrected chi connectivity index (χ0v) is 7.58. The Labute approximate surface area is 80.1 Å². The van der Waals surface area contributed by atoms with Crippen molar-refractivity contribution in [2.24, 2.45) is 5.73 Å². The van der Waals surface area contributed by atoms with Gasteiger partial charge in [0.1, 0.15) is 5.56 Å². The van der Waals surface area contributed by atoms with Crippen molar-refractivity contribution in [1.82, 2.24) is 0 Å². The van der Waals surface area contributed by atoms with Gasteiger partial charge in [-0.3, -0.25) is 0 Å². The smallest absolute Gasteiger partial charge is 0.341 e. The molecule has 4 nitrogen and oxygen atoms in total. The fraction of sp³-hybridized carbons (Fsp3) is 0.222. The third kappa shape index (κ3) is 1.82. The van der Waals surface area contributed by atoms with Gasteiger partial charge in [0.05, 0.1) is 7.11 Å². The number of carbonyl (C=O) groups excluding carboxylic acids is 1. The Balaban J connectivity index is 3.27. The highest BCUT2D eigenvalue weighted by Crippen LogP contribution is 2.23. The number of nitrogens with two attached hydrogens (primary N) is 1. The van der Waals surface area contributed by atoms with Gasteiger partial charge in [-0.15, -0.1) is 0 Å². The summed E-state index contributed by atoms with van der Waals surface area (Å²) in [5.41, 5.74) is 5.48. The maximum atomic E-state index is 13.0. The molecule has 0 bridgehead atoms. The molecule has 1 rings (SSSR count). The van der Waals surface area contributed by atoms with Crippen molar-refractivity contribution in [2.75, 3.05) is 7.11 Å². The largest absolute Gasteiger partial charge is 0.504 e. The van der Waals surface area contributed by atoms with Gasteiger partial charge in [0, 0.05) is 6.54 Å². The van der Waals surface area contributed by atoms with Crippen LogP contribution < -0.4 is 5.73 Å². The fourth-order valence-electron chi connectivity index (χ4n) is 1.04. The number of phenolic OH excluding ortho intramolecular Hbond substituents is 1. The molecule has 0 aromatic heterocycles. The summed E-state index contributed by atoms with van der Waals surface area (Å²) in [4.78, 5) is 11.1. The molecule has 0 spiro atoms. The predicted octanol–water partition coefficient (Wildman–Crippen LogP) is 0.777. The highest BCUT2D eigenvalue weighted by Gasteiger charge is 2.16. The first-order valence-electron chi connectivity index (χ1n) is 3.90. The predicted molar refractivity (Wildman–Crippen MR) is 47.3 cm³/mol. The number of hydrogen-bond donors (Lipinski definition) is 2. The molecule has 3 N–H and O–H groups in total. The molecular formula is C9H10FNO3. The van der Waals surface area contributed by atoms with E-state index in [1.165, 1.54) is 6.07 Å². The first kappa shape index (κ1) is 10.5. The van der Waals surface area contributed by atoms with Gasteiger partial charge >= 0.3 is 5.97 Å². The molecular weight excluding hydrogens is 189 g/mol. The van der Waals surface area contributed by atoms with E-state index in [0.29, 0.717) is 5.56 Å². The molecule has 0 atom stereocenters. The lowest BCUT2D eigenvalue weighted by molar-refractivity contribution is 0.0596. The SMILES string of the molecule is COC(=O)c1cc(CN)cc(F)c1O. The molecule has 14 heavy (non-hydrogen) atoms. The van der Waals surface area contributed by atoms with Crippen molar-refractivity contribution in [1.29, 1.82) is 0 Å². The van der Waals surface area contributed by atoms with Gasteiger partial charge in [-0.05, 0) is 17.7 Å². The van der Waals surface area contributed by atoms with Crippen molar-refractivity contribution in [3.8, 4) is 5.75 Å². The first-order valence-corrected chi connectivity index (χ1v) is 3.90. The first-order chi connectivity index (χ1) is 6.60. The summed E-state index contributed by atoms with van der Waals surface area (Å²) in [6.45, 7) is 0.0845. The number of benzene rings is 1. The molecule has 0 unspecified atom stereocenters. The summed E-state index contributed by atoms with van der Waals surface area (Å²) in [5, 5.41) is 9.20. The summed E-state index contributed by atoms with van der Waals surface area (Å²) < 4.78 is 17.4. The number of phenols is 1. The van der Waals surface area contributed by atoms with E-state index >= 15 is 0 Å². The fourth-order valence-corrected chi connectivity index (χ4v) is 1.04. The molecule has 0 saturated heterocycles. The second kappa shape index (κ2) is 4.06. The zero-order valence-electron chi connectivity index (χ0n) is 7.58. The monoisotopic (exact) mass is 199 g/mol. The molecule has 0 aliphatic rings. The van der Waals surface area contributed by atoms with E-state index < -0.39 is 17.5 Å². The molecule has 0 aliphatic heterocycles. The van der Waals surface area contributed by atoms with Gasteiger partial charge in [0.2, 0.25) is 0 Å². The van der Waals surface area contributed by atoms with E-state index in [1.807, 2.05) is 0 Å². The molecule has 5 heteroatoms. The molecule has 0 radical (unpaired) electrons. The van der Waals surface area contributed by atoms with Gasteiger partial charge in [0.25, 0.3) is 0 Å². The average molecular weight is 199 g/mol. The van der Waals surface area contributed by atoms with Crippen LogP contribution >= 0.6 is 0 Å². The van der Waals surface area contributed by atoms with Crippen LogP contribution in [0.25, 0.3) is 0 Å². The van der Waals surface area contributed by atoms with E-state index in [2.05, 4.69) is 4.74 Å². The Morgan fingerprint density at radius 1 is 1.64 bits per heavy atom. The van der Waals surface area contributed by atoms with Crippen LogP contribution in [0.5, 0.6) is 5.75 Å². The molecule has 0 aliphatic carbocycles. The van der Waals surface area contributed by atoms with Crippen molar-refractivity contribution < 1.29 is 19.0 Å². The minimum absolute atomic E-state index is 0.0845. The number of methoxy groups -OCH3 is 1. The third-order valence-electron chi connectivity index (χ3n) is 1.76. The maximum Gasteiger partial charge on any atom is 0.341 e. The van der Waals surface area contributed by atoms with Crippen LogP contribution in [0.1, 0.15) is 15.9 Å². The number of carbonyl (C=O) groups is 1. The Morgan fingerprint density at radius 3 is 2.79 bits per heavy atom. The summed E-state index contributed by atoms with van der Waals surface area (Å²) in [6, 6.07) is 2.37. The lowest BCUT2D eigenvalue weighted by Crippen LogP contribution is -2.06. The number of hydrogen-bond acceptors (Lipinski definition) is 4. The minimum atomic E-state index is -0.881. The molecule has 0 fully saturated rings. The van der Waals surface area contributed by atoms with Crippen LogP contribution in [0.2, 0.25) is 0 Å². The normalized spacial score (nSPS) is 9.93. The zero-order chi connectivity index (χ0) is 10.7. The highest BCUT2D eigenvalue weighted by molar-refractivity contribution is 5.92. The Morgan fingerprint density at radius 2 is 2.29 bits per heavy atom. The quantitative estimate of drug-likeness (QED) is 0.690. The maximum absolute atomic E-state index is 13.0. The molecule has 76 valence electrons. The van der Waals surface area contributed by atoms with E-state index in [-0.39, 0.29) is 12.1 Å². The summed E-state index contributed by atoms with van der Waals surface area (Å²) in [6.07, 6.45) is 0. The van der Waals surface area contributed by atoms with E-state index in [1.54, 1.807) is 0 Å². The highest BCUT2D eigenvalue weighted by atomic mass is 19.1. The van der Waals surface area contributed by atoms with Crippen molar-refractivity contribution in [3.63, 3.8) is 0 Å². The average Bonchev–Trinajstić information content (AvgIpc) is 2.20. The van der Waals surface area contributed by atoms with Gasteiger partial charge in [-0.2, -0.15) is 0 Å². The molecule has 0 amide bonds. The van der Waals surface area contributed by atoms with E-state index in [4.69, 9.17) is 5.73 Å². The molecule has 1 aromatic carbocycles. The number of aromatic hydroxyl groups is 1. The van der Waals surface area contributed by atoms with E-state index in [9.17, 15) is 14.3 Å². The Bertz CT molecular complexity index is 365. The summed E-state index contributed by atoms with van der Waals surface area (Å²) in [5.74, 6) is -2.39. The van der Waals surface area contributed by atoms with Crippen LogP contribution in [0.4, 0.5) is 4.39 Å². The topological polar surface area (TPSA) is 72.5 Å². The summed E-state index contributed by atoms with van der Waals surface area (Å²) in [7, 11) is 1.15. The van der Waals surface area contributed by atoms with Crippen molar-refractivity contribution in [2.45, 2.75) is 6.54 Å². The second-order valence-corrected chi connectivity index (χ2v) is 2.67. The lowest BCUT2D eigenvalue weighted by Gasteiger charge is -2.05. The molecule has 0 heterocycles. The number of ether oxygens (including phenoxy) is 1. The standard InChI is InChI=1S/C9H10FNO3/c1-14-9(13)6-2-5(4-11)3-7(10)8(6)12/h2-3,12H,4,11H2,1H3. The number of esters is 1. The number of rotatable bonds is 2. The Hall–Kier alpha value is -1.62. The molecule has 0 saturated carbocycles. The minimum Gasteiger partial charge on any atom is -0.504 e.